The topological polar surface area (TPSA) is 118 Å². The summed E-state index contributed by atoms with van der Waals surface area (Å²) in [5.74, 6) is -0.270. The van der Waals surface area contributed by atoms with Gasteiger partial charge in [-0.3, -0.25) is 19.3 Å². The Morgan fingerprint density at radius 2 is 2.00 bits per heavy atom. The quantitative estimate of drug-likeness (QED) is 0.314. The van der Waals surface area contributed by atoms with Crippen LogP contribution in [0, 0.1) is 10.1 Å². The average molecular weight is 482 g/mol. The second kappa shape index (κ2) is 8.38. The zero-order chi connectivity index (χ0) is 22.2. The Bertz CT molecular complexity index is 1290. The van der Waals surface area contributed by atoms with Gasteiger partial charge in [0.25, 0.3) is 5.69 Å². The van der Waals surface area contributed by atoms with E-state index in [1.807, 2.05) is 5.38 Å². The molecule has 1 aliphatic rings. The molecule has 3 heterocycles. The minimum absolute atomic E-state index is 0.0901. The van der Waals surface area contributed by atoms with Crippen LogP contribution in [0.15, 0.2) is 46.8 Å². The summed E-state index contributed by atoms with van der Waals surface area (Å²) < 4.78 is 28.6. The summed E-state index contributed by atoms with van der Waals surface area (Å²) in [6.45, 7) is 0.580. The fourth-order valence-electron chi connectivity index (χ4n) is 3.24. The first-order chi connectivity index (χ1) is 14.8. The zero-order valence-corrected chi connectivity index (χ0v) is 18.3. The molecule has 2 aromatic heterocycles. The minimum atomic E-state index is -3.89. The normalized spacial score (nSPS) is 15.7. The molecule has 162 valence electrons. The molecular formula is C18H16ClN5O5S2. The highest BCUT2D eigenvalue weighted by Gasteiger charge is 2.30. The fourth-order valence-corrected chi connectivity index (χ4v) is 5.70. The van der Waals surface area contributed by atoms with Crippen LogP contribution in [0.3, 0.4) is 0 Å². The maximum atomic E-state index is 12.8. The summed E-state index contributed by atoms with van der Waals surface area (Å²) in [6.07, 6.45) is 4.78. The van der Waals surface area contributed by atoms with Gasteiger partial charge in [0, 0.05) is 56.0 Å². The molecule has 1 aromatic carbocycles. The molecule has 0 radical (unpaired) electrons. The zero-order valence-electron chi connectivity index (χ0n) is 15.9. The maximum absolute atomic E-state index is 12.8. The van der Waals surface area contributed by atoms with Crippen LogP contribution < -0.4 is 0 Å². The highest BCUT2D eigenvalue weighted by Crippen LogP contribution is 2.24. The number of hydrogen-bond acceptors (Lipinski definition) is 7. The van der Waals surface area contributed by atoms with Gasteiger partial charge in [-0.2, -0.15) is 4.31 Å². The smallest absolute Gasteiger partial charge is 0.270 e. The second-order valence-electron chi connectivity index (χ2n) is 6.66. The number of halogens is 1. The molecule has 31 heavy (non-hydrogen) atoms. The summed E-state index contributed by atoms with van der Waals surface area (Å²) in [7, 11) is -3.89. The van der Waals surface area contributed by atoms with Crippen molar-refractivity contribution in [2.45, 2.75) is 4.90 Å². The molecule has 1 aliphatic heterocycles. The van der Waals surface area contributed by atoms with Crippen molar-refractivity contribution >= 4 is 55.6 Å². The van der Waals surface area contributed by atoms with Crippen molar-refractivity contribution in [1.82, 2.24) is 18.6 Å². The van der Waals surface area contributed by atoms with Crippen molar-refractivity contribution in [3.05, 3.63) is 62.9 Å². The van der Waals surface area contributed by atoms with Crippen molar-refractivity contribution in [2.75, 3.05) is 26.2 Å². The predicted molar refractivity (Wildman–Crippen MR) is 116 cm³/mol. The van der Waals surface area contributed by atoms with E-state index in [0.29, 0.717) is 10.8 Å². The van der Waals surface area contributed by atoms with Crippen LogP contribution in [0.2, 0.25) is 5.15 Å². The molecule has 3 aromatic rings. The fraction of sp³-hybridized carbons (Fsp3) is 0.222. The van der Waals surface area contributed by atoms with Gasteiger partial charge in [0.05, 0.1) is 15.5 Å². The molecule has 0 N–H and O–H groups in total. The third-order valence-corrected chi connectivity index (χ3v) is 7.78. The van der Waals surface area contributed by atoms with E-state index in [9.17, 15) is 23.3 Å². The Balaban J connectivity index is 1.43. The van der Waals surface area contributed by atoms with Crippen molar-refractivity contribution in [1.29, 1.82) is 0 Å². The Morgan fingerprint density at radius 3 is 2.71 bits per heavy atom. The van der Waals surface area contributed by atoms with Crippen LogP contribution in [0.25, 0.3) is 11.0 Å². The monoisotopic (exact) mass is 481 g/mol. The maximum Gasteiger partial charge on any atom is 0.270 e. The average Bonchev–Trinajstić information content (AvgIpc) is 3.33. The summed E-state index contributed by atoms with van der Waals surface area (Å²) in [4.78, 5) is 29.2. The predicted octanol–water partition coefficient (Wildman–Crippen LogP) is 2.50. The molecule has 0 aliphatic carbocycles. The van der Waals surface area contributed by atoms with Gasteiger partial charge in [-0.25, -0.2) is 13.4 Å². The first-order valence-corrected chi connectivity index (χ1v) is 11.8. The lowest BCUT2D eigenvalue weighted by molar-refractivity contribution is -0.385. The molecule has 0 unspecified atom stereocenters. The number of aromatic nitrogens is 2. The molecule has 0 atom stereocenters. The Morgan fingerprint density at radius 1 is 1.26 bits per heavy atom. The van der Waals surface area contributed by atoms with E-state index >= 15 is 0 Å². The molecule has 0 spiro atoms. The number of nitrogens with zero attached hydrogens (tertiary/aromatic N) is 5. The lowest BCUT2D eigenvalue weighted by Gasteiger charge is -2.33. The molecule has 1 saturated heterocycles. The van der Waals surface area contributed by atoms with E-state index in [1.54, 1.807) is 16.7 Å². The number of non-ortho nitro benzene ring substituents is 1. The van der Waals surface area contributed by atoms with Crippen LogP contribution in [-0.2, 0) is 14.8 Å². The lowest BCUT2D eigenvalue weighted by atomic mass is 10.3. The standard InChI is InChI=1S/C18H16ClN5O5S2/c19-17-15(23-10-11-30-18(23)20-17)4-5-16(25)21-6-8-22(9-7-21)31(28,29)14-3-1-2-13(12-14)24(26)27/h1-5,10-12H,6-9H2/b5-4+. The van der Waals surface area contributed by atoms with Crippen LogP contribution in [-0.4, -0.2) is 64.0 Å². The molecule has 10 nitrogen and oxygen atoms in total. The molecule has 1 fully saturated rings. The number of thiazole rings is 1. The van der Waals surface area contributed by atoms with Gasteiger partial charge in [-0.1, -0.05) is 17.7 Å². The van der Waals surface area contributed by atoms with Crippen LogP contribution >= 0.6 is 22.9 Å². The summed E-state index contributed by atoms with van der Waals surface area (Å²) in [6, 6.07) is 4.93. The van der Waals surface area contributed by atoms with Gasteiger partial charge < -0.3 is 4.90 Å². The third kappa shape index (κ3) is 4.19. The number of carbonyl (C=O) groups is 1. The second-order valence-corrected chi connectivity index (χ2v) is 9.83. The van der Waals surface area contributed by atoms with E-state index in [4.69, 9.17) is 11.6 Å². The molecule has 0 bridgehead atoms. The number of hydrogen-bond donors (Lipinski definition) is 0. The van der Waals surface area contributed by atoms with Gasteiger partial charge in [0.2, 0.25) is 15.9 Å². The number of rotatable bonds is 5. The van der Waals surface area contributed by atoms with Crippen molar-refractivity contribution in [2.24, 2.45) is 0 Å². The molecule has 1 amide bonds. The molecule has 4 rings (SSSR count). The Kier molecular flexibility index (Phi) is 5.79. The Hall–Kier alpha value is -2.80. The number of amides is 1. The third-order valence-electron chi connectivity index (χ3n) is 4.85. The molecular weight excluding hydrogens is 466 g/mol. The highest BCUT2D eigenvalue weighted by molar-refractivity contribution is 7.89. The van der Waals surface area contributed by atoms with Crippen molar-refractivity contribution in [3.8, 4) is 0 Å². The van der Waals surface area contributed by atoms with Crippen LogP contribution in [0.4, 0.5) is 5.69 Å². The van der Waals surface area contributed by atoms with E-state index in [2.05, 4.69) is 4.98 Å². The first kappa shape index (κ1) is 21.4. The van der Waals surface area contributed by atoms with Gasteiger partial charge in [-0.15, -0.1) is 11.3 Å². The van der Waals surface area contributed by atoms with Gasteiger partial charge in [-0.05, 0) is 12.1 Å². The summed E-state index contributed by atoms with van der Waals surface area (Å²) in [5.41, 5.74) is 0.302. The number of fused-ring (bicyclic) bond motifs is 1. The number of benzene rings is 1. The molecule has 13 heteroatoms. The minimum Gasteiger partial charge on any atom is -0.337 e. The first-order valence-electron chi connectivity index (χ1n) is 9.10. The molecule has 0 saturated carbocycles. The number of sulfonamides is 1. The van der Waals surface area contributed by atoms with Crippen LogP contribution in [0.5, 0.6) is 0 Å². The number of nitro groups is 1. The lowest BCUT2D eigenvalue weighted by Crippen LogP contribution is -2.50. The van der Waals surface area contributed by atoms with Gasteiger partial charge in [0.15, 0.2) is 10.1 Å². The van der Waals surface area contributed by atoms with E-state index in [-0.39, 0.29) is 42.7 Å². The number of carbonyl (C=O) groups excluding carboxylic acids is 1. The number of piperazine rings is 1. The van der Waals surface area contributed by atoms with Crippen LogP contribution in [0.1, 0.15) is 5.69 Å². The highest BCUT2D eigenvalue weighted by atomic mass is 35.5. The van der Waals surface area contributed by atoms with Crippen molar-refractivity contribution < 1.29 is 18.1 Å². The van der Waals surface area contributed by atoms with E-state index < -0.39 is 14.9 Å². The largest absolute Gasteiger partial charge is 0.337 e. The van der Waals surface area contributed by atoms with Crippen molar-refractivity contribution in [3.63, 3.8) is 0 Å². The van der Waals surface area contributed by atoms with E-state index in [1.165, 1.54) is 44.8 Å². The number of imidazole rings is 1. The number of nitro benzene ring substituents is 1. The summed E-state index contributed by atoms with van der Waals surface area (Å²) >= 11 is 7.55. The SMILES string of the molecule is O=C(/C=C/c1c(Cl)nc2sccn12)N1CCN(S(=O)(=O)c2cccc([N+](=O)[O-])c2)CC1. The van der Waals surface area contributed by atoms with Gasteiger partial charge >= 0.3 is 0 Å². The van der Waals surface area contributed by atoms with Gasteiger partial charge in [0.1, 0.15) is 0 Å². The Labute approximate surface area is 186 Å². The van der Waals surface area contributed by atoms with E-state index in [0.717, 1.165) is 11.0 Å². The summed E-state index contributed by atoms with van der Waals surface area (Å²) in [5, 5.41) is 13.1.